The minimum Gasteiger partial charge on any atom is -0.380 e. The zero-order valence-electron chi connectivity index (χ0n) is 11.0. The average Bonchev–Trinajstić information content (AvgIpc) is 2.43. The summed E-state index contributed by atoms with van der Waals surface area (Å²) in [6.07, 6.45) is 1.05. The maximum absolute atomic E-state index is 13.4. The van der Waals surface area contributed by atoms with Crippen LogP contribution in [0.25, 0.3) is 0 Å². The average molecular weight is 301 g/mol. The summed E-state index contributed by atoms with van der Waals surface area (Å²) < 4.78 is 26.4. The number of carbonyl (C=O) groups excluding carboxylic acids is 1. The highest BCUT2D eigenvalue weighted by Gasteiger charge is 2.36. The Labute approximate surface area is 120 Å². The second-order valence-corrected chi connectivity index (χ2v) is 6.11. The van der Waals surface area contributed by atoms with Crippen LogP contribution in [0.2, 0.25) is 0 Å². The highest BCUT2D eigenvalue weighted by Crippen LogP contribution is 2.26. The number of halogens is 2. The van der Waals surface area contributed by atoms with Crippen molar-refractivity contribution in [2.45, 2.75) is 24.9 Å². The third-order valence-electron chi connectivity index (χ3n) is 3.43. The first kappa shape index (κ1) is 15.3. The van der Waals surface area contributed by atoms with E-state index < -0.39 is 23.1 Å². The third kappa shape index (κ3) is 3.70. The number of nitrogens with one attached hydrogen (secondary N) is 1. The van der Waals surface area contributed by atoms with Gasteiger partial charge in [0.2, 0.25) is 0 Å². The maximum Gasteiger partial charge on any atom is 0.252 e. The molecule has 20 heavy (non-hydrogen) atoms. The Morgan fingerprint density at radius 2 is 2.05 bits per heavy atom. The SMILES string of the molecule is O=C(NCCc1cc(F)ccc1F)C1(O)CCSCC1. The Bertz CT molecular complexity index is 490. The van der Waals surface area contributed by atoms with E-state index in [9.17, 15) is 18.7 Å². The molecule has 1 amide bonds. The maximum atomic E-state index is 13.4. The van der Waals surface area contributed by atoms with E-state index in [0.717, 1.165) is 29.7 Å². The van der Waals surface area contributed by atoms with Gasteiger partial charge in [0, 0.05) is 6.54 Å². The lowest BCUT2D eigenvalue weighted by atomic mass is 9.95. The normalized spacial score (nSPS) is 17.8. The predicted molar refractivity (Wildman–Crippen MR) is 74.6 cm³/mol. The summed E-state index contributed by atoms with van der Waals surface area (Å²) in [6, 6.07) is 3.24. The minimum absolute atomic E-state index is 0.175. The van der Waals surface area contributed by atoms with E-state index in [1.165, 1.54) is 0 Å². The number of rotatable bonds is 4. The molecule has 1 aliphatic heterocycles. The molecule has 0 saturated carbocycles. The van der Waals surface area contributed by atoms with E-state index in [4.69, 9.17) is 0 Å². The number of hydrogen-bond acceptors (Lipinski definition) is 3. The van der Waals surface area contributed by atoms with Crippen molar-refractivity contribution in [2.24, 2.45) is 0 Å². The third-order valence-corrected chi connectivity index (χ3v) is 4.42. The summed E-state index contributed by atoms with van der Waals surface area (Å²) >= 11 is 1.71. The van der Waals surface area contributed by atoms with Crippen LogP contribution in [0, 0.1) is 11.6 Å². The van der Waals surface area contributed by atoms with E-state index >= 15 is 0 Å². The molecule has 2 N–H and O–H groups in total. The summed E-state index contributed by atoms with van der Waals surface area (Å²) in [4.78, 5) is 11.9. The Morgan fingerprint density at radius 3 is 2.75 bits per heavy atom. The lowest BCUT2D eigenvalue weighted by Crippen LogP contribution is -2.49. The monoisotopic (exact) mass is 301 g/mol. The lowest BCUT2D eigenvalue weighted by Gasteiger charge is -2.30. The summed E-state index contributed by atoms with van der Waals surface area (Å²) in [7, 11) is 0. The standard InChI is InChI=1S/C14H17F2NO2S/c15-11-1-2-12(16)10(9-11)3-6-17-13(18)14(19)4-7-20-8-5-14/h1-2,9,19H,3-8H2,(H,17,18). The van der Waals surface area contributed by atoms with Crippen molar-refractivity contribution >= 4 is 17.7 Å². The first-order chi connectivity index (χ1) is 9.51. The van der Waals surface area contributed by atoms with E-state index in [2.05, 4.69) is 5.32 Å². The van der Waals surface area contributed by atoms with E-state index in [-0.39, 0.29) is 18.5 Å². The molecule has 1 aliphatic rings. The van der Waals surface area contributed by atoms with Gasteiger partial charge in [0.25, 0.3) is 5.91 Å². The second kappa shape index (κ2) is 6.54. The first-order valence-electron chi connectivity index (χ1n) is 6.54. The Balaban J connectivity index is 1.86. The van der Waals surface area contributed by atoms with Crippen molar-refractivity contribution in [1.82, 2.24) is 5.32 Å². The molecule has 1 saturated heterocycles. The van der Waals surface area contributed by atoms with Crippen LogP contribution in [0.15, 0.2) is 18.2 Å². The number of carbonyl (C=O) groups is 1. The van der Waals surface area contributed by atoms with E-state index in [1.54, 1.807) is 11.8 Å². The summed E-state index contributed by atoms with van der Waals surface area (Å²) in [5, 5.41) is 12.8. The number of benzene rings is 1. The quantitative estimate of drug-likeness (QED) is 0.893. The van der Waals surface area contributed by atoms with Gasteiger partial charge in [0.1, 0.15) is 17.2 Å². The molecule has 1 aromatic carbocycles. The van der Waals surface area contributed by atoms with Crippen molar-refractivity contribution in [3.63, 3.8) is 0 Å². The topological polar surface area (TPSA) is 49.3 Å². The number of aliphatic hydroxyl groups is 1. The van der Waals surface area contributed by atoms with Crippen LogP contribution < -0.4 is 5.32 Å². The lowest BCUT2D eigenvalue weighted by molar-refractivity contribution is -0.140. The van der Waals surface area contributed by atoms with Crippen LogP contribution in [0.3, 0.4) is 0 Å². The fourth-order valence-corrected chi connectivity index (χ4v) is 3.31. The van der Waals surface area contributed by atoms with Crippen LogP contribution in [0.4, 0.5) is 8.78 Å². The fraction of sp³-hybridized carbons (Fsp3) is 0.500. The molecular weight excluding hydrogens is 284 g/mol. The summed E-state index contributed by atoms with van der Waals surface area (Å²) in [5.74, 6) is 0.0870. The molecule has 0 bridgehead atoms. The van der Waals surface area contributed by atoms with Gasteiger partial charge in [0.05, 0.1) is 0 Å². The Morgan fingerprint density at radius 1 is 1.35 bits per heavy atom. The van der Waals surface area contributed by atoms with Crippen LogP contribution in [-0.2, 0) is 11.2 Å². The Hall–Kier alpha value is -1.14. The van der Waals surface area contributed by atoms with Gasteiger partial charge >= 0.3 is 0 Å². The summed E-state index contributed by atoms with van der Waals surface area (Å²) in [6.45, 7) is 0.175. The summed E-state index contributed by atoms with van der Waals surface area (Å²) in [5.41, 5.74) is -1.09. The van der Waals surface area contributed by atoms with Crippen LogP contribution in [0.5, 0.6) is 0 Å². The molecule has 0 spiro atoms. The molecule has 0 unspecified atom stereocenters. The fourth-order valence-electron chi connectivity index (χ4n) is 2.15. The van der Waals surface area contributed by atoms with Crippen LogP contribution in [-0.4, -0.2) is 34.7 Å². The smallest absolute Gasteiger partial charge is 0.252 e. The van der Waals surface area contributed by atoms with Gasteiger partial charge in [0.15, 0.2) is 0 Å². The van der Waals surface area contributed by atoms with Crippen LogP contribution in [0.1, 0.15) is 18.4 Å². The van der Waals surface area contributed by atoms with Gasteiger partial charge in [-0.2, -0.15) is 11.8 Å². The molecule has 0 atom stereocenters. The van der Waals surface area contributed by atoms with Crippen molar-refractivity contribution in [3.8, 4) is 0 Å². The zero-order chi connectivity index (χ0) is 14.6. The van der Waals surface area contributed by atoms with Gasteiger partial charge in [-0.25, -0.2) is 8.78 Å². The largest absolute Gasteiger partial charge is 0.380 e. The van der Waals surface area contributed by atoms with Crippen LogP contribution >= 0.6 is 11.8 Å². The molecule has 1 heterocycles. The minimum atomic E-state index is -1.31. The molecule has 3 nitrogen and oxygen atoms in total. The van der Waals surface area contributed by atoms with Gasteiger partial charge in [-0.05, 0) is 54.5 Å². The molecule has 0 aromatic heterocycles. The van der Waals surface area contributed by atoms with Crippen molar-refractivity contribution in [2.75, 3.05) is 18.1 Å². The number of hydrogen-bond donors (Lipinski definition) is 2. The first-order valence-corrected chi connectivity index (χ1v) is 7.69. The van der Waals surface area contributed by atoms with Gasteiger partial charge in [-0.1, -0.05) is 0 Å². The highest BCUT2D eigenvalue weighted by atomic mass is 32.2. The molecule has 0 aliphatic carbocycles. The molecule has 1 aromatic rings. The molecule has 6 heteroatoms. The predicted octanol–water partition coefficient (Wildman–Crippen LogP) is 1.88. The van der Waals surface area contributed by atoms with E-state index in [1.807, 2.05) is 0 Å². The molecule has 2 rings (SSSR count). The van der Waals surface area contributed by atoms with Crippen molar-refractivity contribution < 1.29 is 18.7 Å². The van der Waals surface area contributed by atoms with Crippen molar-refractivity contribution in [3.05, 3.63) is 35.4 Å². The zero-order valence-corrected chi connectivity index (χ0v) is 11.8. The molecular formula is C14H17F2NO2S. The molecule has 1 fully saturated rings. The second-order valence-electron chi connectivity index (χ2n) is 4.89. The molecule has 110 valence electrons. The van der Waals surface area contributed by atoms with Gasteiger partial charge in [-0.15, -0.1) is 0 Å². The highest BCUT2D eigenvalue weighted by molar-refractivity contribution is 7.99. The van der Waals surface area contributed by atoms with Gasteiger partial charge < -0.3 is 10.4 Å². The molecule has 0 radical (unpaired) electrons. The number of amides is 1. The Kier molecular flexibility index (Phi) is 4.99. The van der Waals surface area contributed by atoms with E-state index in [0.29, 0.717) is 12.8 Å². The van der Waals surface area contributed by atoms with Crippen molar-refractivity contribution in [1.29, 1.82) is 0 Å². The number of thioether (sulfide) groups is 1. The van der Waals surface area contributed by atoms with Gasteiger partial charge in [-0.3, -0.25) is 4.79 Å².